The van der Waals surface area contributed by atoms with Crippen LogP contribution in [0.3, 0.4) is 0 Å². The number of amides is 1. The van der Waals surface area contributed by atoms with Crippen molar-refractivity contribution in [3.8, 4) is 0 Å². The summed E-state index contributed by atoms with van der Waals surface area (Å²) in [5.41, 5.74) is 2.24. The molecule has 0 radical (unpaired) electrons. The van der Waals surface area contributed by atoms with E-state index in [1.165, 1.54) is 0 Å². The topological polar surface area (TPSA) is 71.8 Å². The van der Waals surface area contributed by atoms with E-state index in [4.69, 9.17) is 0 Å². The summed E-state index contributed by atoms with van der Waals surface area (Å²) in [6, 6.07) is 2.10. The number of nitrogens with zero attached hydrogens (tertiary/aromatic N) is 3. The van der Waals surface area contributed by atoms with Crippen LogP contribution in [-0.2, 0) is 7.05 Å². The average Bonchev–Trinajstić information content (AvgIpc) is 2.71. The standard InChI is InChI=1S/C14H21N5O/c1-5-15-9(2)7-17-14(20)11-6-12-10(3)18-19(4)13(12)16-8-11/h6,8-9,15H,5,7H2,1-4H3,(H,17,20)/t9-/m1/s1. The summed E-state index contributed by atoms with van der Waals surface area (Å²) in [6.45, 7) is 7.48. The van der Waals surface area contributed by atoms with Crippen molar-refractivity contribution >= 4 is 16.9 Å². The molecule has 0 aromatic carbocycles. The van der Waals surface area contributed by atoms with Crippen molar-refractivity contribution in [3.63, 3.8) is 0 Å². The molecule has 2 heterocycles. The van der Waals surface area contributed by atoms with E-state index < -0.39 is 0 Å². The van der Waals surface area contributed by atoms with E-state index in [2.05, 4.69) is 20.7 Å². The number of nitrogens with one attached hydrogen (secondary N) is 2. The van der Waals surface area contributed by atoms with Crippen LogP contribution in [0.5, 0.6) is 0 Å². The highest BCUT2D eigenvalue weighted by molar-refractivity contribution is 5.97. The molecule has 0 bridgehead atoms. The SMILES string of the molecule is CCN[C@H](C)CNC(=O)c1cnc2c(c1)c(C)nn2C. The highest BCUT2D eigenvalue weighted by Crippen LogP contribution is 2.16. The fourth-order valence-corrected chi connectivity index (χ4v) is 2.20. The lowest BCUT2D eigenvalue weighted by Gasteiger charge is -2.13. The van der Waals surface area contributed by atoms with Gasteiger partial charge in [-0.3, -0.25) is 9.48 Å². The maximum atomic E-state index is 12.1. The number of likely N-dealkylation sites (N-methyl/N-ethyl adjacent to an activating group) is 1. The predicted molar refractivity (Wildman–Crippen MR) is 78.7 cm³/mol. The summed E-state index contributed by atoms with van der Waals surface area (Å²) in [5, 5.41) is 11.4. The minimum absolute atomic E-state index is 0.104. The molecule has 2 aromatic rings. The molecule has 0 aliphatic carbocycles. The van der Waals surface area contributed by atoms with Crippen LogP contribution in [0, 0.1) is 6.92 Å². The molecule has 6 heteroatoms. The van der Waals surface area contributed by atoms with Gasteiger partial charge in [0.2, 0.25) is 0 Å². The Labute approximate surface area is 118 Å². The zero-order chi connectivity index (χ0) is 14.7. The maximum Gasteiger partial charge on any atom is 0.252 e. The number of aromatic nitrogens is 3. The molecule has 0 aliphatic heterocycles. The van der Waals surface area contributed by atoms with Crippen molar-refractivity contribution in [3.05, 3.63) is 23.5 Å². The van der Waals surface area contributed by atoms with Crippen LogP contribution in [0.2, 0.25) is 0 Å². The van der Waals surface area contributed by atoms with Gasteiger partial charge in [0.15, 0.2) is 5.65 Å². The molecule has 0 saturated carbocycles. The summed E-state index contributed by atoms with van der Waals surface area (Å²) < 4.78 is 1.72. The molecule has 2 rings (SSSR count). The molecule has 2 aromatic heterocycles. The number of hydrogen-bond donors (Lipinski definition) is 2. The minimum Gasteiger partial charge on any atom is -0.350 e. The first-order valence-corrected chi connectivity index (χ1v) is 6.83. The first-order chi connectivity index (χ1) is 9.52. The summed E-state index contributed by atoms with van der Waals surface area (Å²) in [7, 11) is 1.85. The predicted octanol–water partition coefficient (Wildman–Crippen LogP) is 1.00. The Bertz CT molecular complexity index is 619. The van der Waals surface area contributed by atoms with Gasteiger partial charge >= 0.3 is 0 Å². The van der Waals surface area contributed by atoms with Crippen LogP contribution in [0.15, 0.2) is 12.3 Å². The minimum atomic E-state index is -0.104. The number of carbonyl (C=O) groups excluding carboxylic acids is 1. The van der Waals surface area contributed by atoms with Gasteiger partial charge in [-0.05, 0) is 26.5 Å². The fraction of sp³-hybridized carbons (Fsp3) is 0.500. The Morgan fingerprint density at radius 3 is 2.95 bits per heavy atom. The molecule has 1 atom stereocenters. The van der Waals surface area contributed by atoms with Gasteiger partial charge < -0.3 is 10.6 Å². The highest BCUT2D eigenvalue weighted by Gasteiger charge is 2.12. The van der Waals surface area contributed by atoms with E-state index in [9.17, 15) is 4.79 Å². The third-order valence-corrected chi connectivity index (χ3v) is 3.25. The van der Waals surface area contributed by atoms with E-state index in [1.54, 1.807) is 10.9 Å². The van der Waals surface area contributed by atoms with Crippen molar-refractivity contribution in [2.45, 2.75) is 26.8 Å². The fourth-order valence-electron chi connectivity index (χ4n) is 2.20. The Hall–Kier alpha value is -1.95. The molecule has 20 heavy (non-hydrogen) atoms. The van der Waals surface area contributed by atoms with Gasteiger partial charge in [0.05, 0.1) is 11.3 Å². The number of hydrogen-bond acceptors (Lipinski definition) is 4. The number of rotatable bonds is 5. The highest BCUT2D eigenvalue weighted by atomic mass is 16.1. The van der Waals surface area contributed by atoms with E-state index >= 15 is 0 Å². The van der Waals surface area contributed by atoms with E-state index in [0.717, 1.165) is 23.3 Å². The maximum absolute atomic E-state index is 12.1. The third kappa shape index (κ3) is 2.96. The van der Waals surface area contributed by atoms with Gasteiger partial charge in [-0.15, -0.1) is 0 Å². The van der Waals surface area contributed by atoms with Crippen LogP contribution in [0.4, 0.5) is 0 Å². The molecule has 2 N–H and O–H groups in total. The molecule has 0 saturated heterocycles. The molecule has 0 spiro atoms. The van der Waals surface area contributed by atoms with E-state index in [1.807, 2.05) is 33.9 Å². The van der Waals surface area contributed by atoms with Crippen molar-refractivity contribution < 1.29 is 4.79 Å². The first-order valence-electron chi connectivity index (χ1n) is 6.83. The molecule has 6 nitrogen and oxygen atoms in total. The molecule has 0 fully saturated rings. The summed E-state index contributed by atoms with van der Waals surface area (Å²) >= 11 is 0. The van der Waals surface area contributed by atoms with Gasteiger partial charge in [-0.2, -0.15) is 5.10 Å². The van der Waals surface area contributed by atoms with Crippen LogP contribution in [0.25, 0.3) is 11.0 Å². The van der Waals surface area contributed by atoms with Gasteiger partial charge in [0.1, 0.15) is 0 Å². The zero-order valence-electron chi connectivity index (χ0n) is 12.4. The Kier molecular flexibility index (Phi) is 4.34. The second-order valence-electron chi connectivity index (χ2n) is 4.97. The van der Waals surface area contributed by atoms with E-state index in [-0.39, 0.29) is 11.9 Å². The van der Waals surface area contributed by atoms with Gasteiger partial charge in [-0.1, -0.05) is 6.92 Å². The molecule has 108 valence electrons. The Balaban J connectivity index is 2.12. The smallest absolute Gasteiger partial charge is 0.252 e. The van der Waals surface area contributed by atoms with Crippen molar-refractivity contribution in [2.24, 2.45) is 7.05 Å². The summed E-state index contributed by atoms with van der Waals surface area (Å²) in [6.07, 6.45) is 1.59. The lowest BCUT2D eigenvalue weighted by molar-refractivity contribution is 0.0950. The van der Waals surface area contributed by atoms with Crippen molar-refractivity contribution in [1.82, 2.24) is 25.4 Å². The third-order valence-electron chi connectivity index (χ3n) is 3.25. The van der Waals surface area contributed by atoms with Gasteiger partial charge in [0.25, 0.3) is 5.91 Å². The first kappa shape index (κ1) is 14.5. The molecule has 1 amide bonds. The molecule has 0 aliphatic rings. The normalized spacial score (nSPS) is 12.6. The second kappa shape index (κ2) is 6.00. The lowest BCUT2D eigenvalue weighted by atomic mass is 10.2. The quantitative estimate of drug-likeness (QED) is 0.854. The molecular weight excluding hydrogens is 254 g/mol. The van der Waals surface area contributed by atoms with Crippen LogP contribution in [0.1, 0.15) is 29.9 Å². The molecule has 0 unspecified atom stereocenters. The number of carbonyl (C=O) groups is 1. The summed E-state index contributed by atoms with van der Waals surface area (Å²) in [4.78, 5) is 16.4. The summed E-state index contributed by atoms with van der Waals surface area (Å²) in [5.74, 6) is -0.104. The van der Waals surface area contributed by atoms with E-state index in [0.29, 0.717) is 12.1 Å². The monoisotopic (exact) mass is 275 g/mol. The lowest BCUT2D eigenvalue weighted by Crippen LogP contribution is -2.38. The van der Waals surface area contributed by atoms with Crippen molar-refractivity contribution in [2.75, 3.05) is 13.1 Å². The van der Waals surface area contributed by atoms with Crippen LogP contribution < -0.4 is 10.6 Å². The largest absolute Gasteiger partial charge is 0.350 e. The number of fused-ring (bicyclic) bond motifs is 1. The van der Waals surface area contributed by atoms with Crippen molar-refractivity contribution in [1.29, 1.82) is 0 Å². The number of aryl methyl sites for hydroxylation is 2. The van der Waals surface area contributed by atoms with Crippen LogP contribution >= 0.6 is 0 Å². The van der Waals surface area contributed by atoms with Crippen LogP contribution in [-0.4, -0.2) is 39.8 Å². The second-order valence-corrected chi connectivity index (χ2v) is 4.97. The number of pyridine rings is 1. The van der Waals surface area contributed by atoms with Gasteiger partial charge in [-0.25, -0.2) is 4.98 Å². The average molecular weight is 275 g/mol. The van der Waals surface area contributed by atoms with Gasteiger partial charge in [0, 0.05) is 31.2 Å². The zero-order valence-corrected chi connectivity index (χ0v) is 12.4. The molecular formula is C14H21N5O. The Morgan fingerprint density at radius 1 is 1.50 bits per heavy atom. The Morgan fingerprint density at radius 2 is 2.25 bits per heavy atom.